The van der Waals surface area contributed by atoms with Gasteiger partial charge in [-0.3, -0.25) is 0 Å². The minimum atomic E-state index is 0.334. The number of aryl methyl sites for hydroxylation is 7. The molecule has 1 heteroatoms. The standard InChI is InChI=1S/C57H73N/c1-57(2,3)44-52(50-37-34-46(35-38-50)22-13-8-4-5-10-14-23-48-36-39-49-40-41-51(49)43-48)25-20-24-47-32-30-45(31-33-47)21-12-9-6-7-11-19-42-58-55-28-17-15-26-53(55)54-27-16-18-29-56(54)58/h15-18,26-39,43,52H,4-14,19-25,40-42,44H2,1-3H3. The van der Waals surface area contributed by atoms with Crippen molar-refractivity contribution in [3.05, 3.63) is 154 Å². The second kappa shape index (κ2) is 21.2. The van der Waals surface area contributed by atoms with E-state index in [1.54, 1.807) is 22.3 Å². The van der Waals surface area contributed by atoms with Crippen LogP contribution in [0.15, 0.2) is 115 Å². The highest BCUT2D eigenvalue weighted by molar-refractivity contribution is 6.07. The van der Waals surface area contributed by atoms with Crippen molar-refractivity contribution in [1.82, 2.24) is 4.57 Å². The minimum Gasteiger partial charge on any atom is -0.340 e. The highest BCUT2D eigenvalue weighted by atomic mass is 15.0. The Balaban J connectivity index is 0.749. The number of hydrogen-bond acceptors (Lipinski definition) is 0. The van der Waals surface area contributed by atoms with Gasteiger partial charge in [0, 0.05) is 28.4 Å². The molecule has 5 aromatic carbocycles. The molecule has 0 radical (unpaired) electrons. The topological polar surface area (TPSA) is 4.93 Å². The summed E-state index contributed by atoms with van der Waals surface area (Å²) in [6, 6.07) is 44.4. The SMILES string of the molecule is CC(C)(C)CC(CCCc1ccc(CCCCCCCCn2c3ccccc3c3ccccc32)cc1)c1ccc(CCCCCCCCc2ccc3c(c2)CC3)cc1. The first-order valence-corrected chi connectivity index (χ1v) is 23.6. The maximum atomic E-state index is 2.54. The predicted molar refractivity (Wildman–Crippen MR) is 252 cm³/mol. The Morgan fingerprint density at radius 3 is 1.41 bits per heavy atom. The molecule has 0 fully saturated rings. The number of hydrogen-bond donors (Lipinski definition) is 0. The van der Waals surface area contributed by atoms with Crippen LogP contribution in [0.25, 0.3) is 21.8 Å². The number of aromatic nitrogens is 1. The first kappa shape index (κ1) is 42.0. The van der Waals surface area contributed by atoms with Crippen molar-refractivity contribution in [2.75, 3.05) is 0 Å². The van der Waals surface area contributed by atoms with E-state index in [4.69, 9.17) is 0 Å². The molecule has 7 rings (SSSR count). The molecule has 306 valence electrons. The zero-order chi connectivity index (χ0) is 40.0. The Morgan fingerprint density at radius 2 is 0.897 bits per heavy atom. The molecule has 0 aliphatic heterocycles. The van der Waals surface area contributed by atoms with Gasteiger partial charge in [-0.15, -0.1) is 0 Å². The average Bonchev–Trinajstić information content (AvgIpc) is 3.54. The number of unbranched alkanes of at least 4 members (excludes halogenated alkanes) is 10. The van der Waals surface area contributed by atoms with Crippen LogP contribution in [0.5, 0.6) is 0 Å². The van der Waals surface area contributed by atoms with E-state index in [2.05, 4.69) is 141 Å². The monoisotopic (exact) mass is 772 g/mol. The molecule has 6 aromatic rings. The van der Waals surface area contributed by atoms with Crippen LogP contribution in [-0.2, 0) is 45.1 Å². The fraction of sp³-hybridized carbons (Fsp3) is 0.474. The lowest BCUT2D eigenvalue weighted by Gasteiger charge is -2.27. The fourth-order valence-corrected chi connectivity index (χ4v) is 9.83. The molecule has 58 heavy (non-hydrogen) atoms. The molecule has 1 heterocycles. The summed E-state index contributed by atoms with van der Waals surface area (Å²) >= 11 is 0. The van der Waals surface area contributed by atoms with Crippen molar-refractivity contribution in [2.45, 2.75) is 168 Å². The normalized spacial score (nSPS) is 13.2. The van der Waals surface area contributed by atoms with Gasteiger partial charge in [0.2, 0.25) is 0 Å². The maximum absolute atomic E-state index is 2.54. The van der Waals surface area contributed by atoms with Crippen LogP contribution >= 0.6 is 0 Å². The van der Waals surface area contributed by atoms with Gasteiger partial charge in [0.1, 0.15) is 0 Å². The highest BCUT2D eigenvalue weighted by Gasteiger charge is 2.20. The summed E-state index contributed by atoms with van der Waals surface area (Å²) in [5.74, 6) is 0.634. The van der Waals surface area contributed by atoms with E-state index >= 15 is 0 Å². The zero-order valence-corrected chi connectivity index (χ0v) is 36.6. The van der Waals surface area contributed by atoms with Crippen LogP contribution in [0.3, 0.4) is 0 Å². The molecule has 1 aromatic heterocycles. The van der Waals surface area contributed by atoms with E-state index in [-0.39, 0.29) is 0 Å². The summed E-state index contributed by atoms with van der Waals surface area (Å²) in [6.07, 6.45) is 27.3. The molecule has 1 unspecified atom stereocenters. The maximum Gasteiger partial charge on any atom is 0.0491 e. The van der Waals surface area contributed by atoms with Gasteiger partial charge in [0.15, 0.2) is 0 Å². The third-order valence-electron chi connectivity index (χ3n) is 13.2. The predicted octanol–water partition coefficient (Wildman–Crippen LogP) is 16.1. The summed E-state index contributed by atoms with van der Waals surface area (Å²) in [7, 11) is 0. The van der Waals surface area contributed by atoms with E-state index < -0.39 is 0 Å². The fourth-order valence-electron chi connectivity index (χ4n) is 9.83. The van der Waals surface area contributed by atoms with Gasteiger partial charge >= 0.3 is 0 Å². The van der Waals surface area contributed by atoms with E-state index in [1.807, 2.05) is 0 Å². The lowest BCUT2D eigenvalue weighted by Crippen LogP contribution is -2.12. The third-order valence-corrected chi connectivity index (χ3v) is 13.2. The molecule has 0 amide bonds. The number of para-hydroxylation sites is 2. The summed E-state index contributed by atoms with van der Waals surface area (Å²) in [5.41, 5.74) is 13.9. The van der Waals surface area contributed by atoms with Crippen molar-refractivity contribution in [3.8, 4) is 0 Å². The number of rotatable bonds is 24. The van der Waals surface area contributed by atoms with Gasteiger partial charge in [-0.2, -0.15) is 0 Å². The number of benzene rings is 5. The molecular formula is C57H73N. The molecular weight excluding hydrogens is 699 g/mol. The van der Waals surface area contributed by atoms with Crippen LogP contribution in [0.4, 0.5) is 0 Å². The minimum absolute atomic E-state index is 0.334. The van der Waals surface area contributed by atoms with Gasteiger partial charge in [0.25, 0.3) is 0 Å². The number of nitrogens with zero attached hydrogens (tertiary/aromatic N) is 1. The van der Waals surface area contributed by atoms with Crippen LogP contribution in [0, 0.1) is 5.41 Å². The zero-order valence-electron chi connectivity index (χ0n) is 36.6. The Hall–Kier alpha value is -4.10. The molecule has 1 nitrogen and oxygen atoms in total. The lowest BCUT2D eigenvalue weighted by molar-refractivity contribution is 0.328. The number of fused-ring (bicyclic) bond motifs is 4. The quantitative estimate of drug-likeness (QED) is 0.0540. The van der Waals surface area contributed by atoms with Crippen molar-refractivity contribution >= 4 is 21.8 Å². The Labute approximate surface area is 352 Å². The molecule has 0 saturated heterocycles. The largest absolute Gasteiger partial charge is 0.340 e. The van der Waals surface area contributed by atoms with Crippen LogP contribution < -0.4 is 0 Å². The Kier molecular flexibility index (Phi) is 15.4. The van der Waals surface area contributed by atoms with E-state index in [9.17, 15) is 0 Å². The summed E-state index contributed by atoms with van der Waals surface area (Å²) in [5, 5.41) is 2.77. The van der Waals surface area contributed by atoms with Gasteiger partial charge in [-0.25, -0.2) is 0 Å². The van der Waals surface area contributed by atoms with Crippen LogP contribution in [-0.4, -0.2) is 4.57 Å². The second-order valence-electron chi connectivity index (χ2n) is 19.2. The molecule has 0 bridgehead atoms. The first-order valence-electron chi connectivity index (χ1n) is 23.6. The Morgan fingerprint density at radius 1 is 0.448 bits per heavy atom. The van der Waals surface area contributed by atoms with Crippen molar-refractivity contribution in [3.63, 3.8) is 0 Å². The van der Waals surface area contributed by atoms with E-state index in [1.165, 1.54) is 173 Å². The third kappa shape index (κ3) is 12.2. The van der Waals surface area contributed by atoms with Gasteiger partial charge in [-0.1, -0.05) is 175 Å². The summed E-state index contributed by atoms with van der Waals surface area (Å²) in [6.45, 7) is 8.34. The second-order valence-corrected chi connectivity index (χ2v) is 19.2. The van der Waals surface area contributed by atoms with E-state index in [0.717, 1.165) is 6.54 Å². The van der Waals surface area contributed by atoms with Crippen molar-refractivity contribution in [1.29, 1.82) is 0 Å². The van der Waals surface area contributed by atoms with Crippen LogP contribution in [0.1, 0.15) is 162 Å². The molecule has 0 N–H and O–H groups in total. The van der Waals surface area contributed by atoms with Gasteiger partial charge in [0.05, 0.1) is 0 Å². The van der Waals surface area contributed by atoms with Gasteiger partial charge in [-0.05, 0) is 146 Å². The average molecular weight is 772 g/mol. The summed E-state index contributed by atoms with van der Waals surface area (Å²) in [4.78, 5) is 0. The van der Waals surface area contributed by atoms with Crippen LogP contribution in [0.2, 0.25) is 0 Å². The molecule has 1 atom stereocenters. The highest BCUT2D eigenvalue weighted by Crippen LogP contribution is 2.35. The molecule has 0 spiro atoms. The van der Waals surface area contributed by atoms with E-state index in [0.29, 0.717) is 11.3 Å². The molecule has 1 aliphatic rings. The Bertz CT molecular complexity index is 2070. The van der Waals surface area contributed by atoms with Crippen molar-refractivity contribution in [2.24, 2.45) is 5.41 Å². The van der Waals surface area contributed by atoms with Crippen molar-refractivity contribution < 1.29 is 0 Å². The summed E-state index contributed by atoms with van der Waals surface area (Å²) < 4.78 is 2.54. The lowest BCUT2D eigenvalue weighted by atomic mass is 9.79. The van der Waals surface area contributed by atoms with Gasteiger partial charge < -0.3 is 4.57 Å². The molecule has 0 saturated carbocycles. The molecule has 1 aliphatic carbocycles. The first-order chi connectivity index (χ1) is 28.4. The smallest absolute Gasteiger partial charge is 0.0491 e.